The molecule has 1 heterocycles. The average Bonchev–Trinajstić information content (AvgIpc) is 2.38. The molecule has 1 aromatic heterocycles. The van der Waals surface area contributed by atoms with Crippen molar-refractivity contribution in [2.24, 2.45) is 5.84 Å². The van der Waals surface area contributed by atoms with Gasteiger partial charge in [0.1, 0.15) is 5.82 Å². The first-order chi connectivity index (χ1) is 9.08. The summed E-state index contributed by atoms with van der Waals surface area (Å²) in [5.41, 5.74) is 5.04. The molecule has 0 spiro atoms. The largest absolute Gasteiger partial charge is 0.352 e. The Kier molecular flexibility index (Phi) is 3.62. The number of nitrogens with zero attached hydrogens (tertiary/aromatic N) is 3. The van der Waals surface area contributed by atoms with Crippen LogP contribution in [0, 0.1) is 13.8 Å². The van der Waals surface area contributed by atoms with E-state index < -0.39 is 0 Å². The van der Waals surface area contributed by atoms with E-state index in [0.717, 1.165) is 16.7 Å². The van der Waals surface area contributed by atoms with Crippen LogP contribution in [0.1, 0.15) is 18.1 Å². The van der Waals surface area contributed by atoms with Gasteiger partial charge >= 0.3 is 5.69 Å². The van der Waals surface area contributed by atoms with Crippen molar-refractivity contribution in [2.45, 2.75) is 27.3 Å². The fourth-order valence-corrected chi connectivity index (χ4v) is 2.13. The number of hydrazine groups is 1. The van der Waals surface area contributed by atoms with Crippen LogP contribution in [0.5, 0.6) is 0 Å². The van der Waals surface area contributed by atoms with Gasteiger partial charge in [-0.05, 0) is 31.9 Å². The van der Waals surface area contributed by atoms with Gasteiger partial charge in [0.05, 0.1) is 0 Å². The van der Waals surface area contributed by atoms with E-state index in [4.69, 9.17) is 5.84 Å². The van der Waals surface area contributed by atoms with Crippen molar-refractivity contribution >= 4 is 5.95 Å². The molecule has 0 bridgehead atoms. The van der Waals surface area contributed by atoms with Gasteiger partial charge in [0, 0.05) is 12.1 Å². The van der Waals surface area contributed by atoms with Gasteiger partial charge in [0.2, 0.25) is 5.95 Å². The van der Waals surface area contributed by atoms with Crippen molar-refractivity contribution < 1.29 is 0 Å². The molecule has 1 aromatic carbocycles. The van der Waals surface area contributed by atoms with Gasteiger partial charge in [-0.15, -0.1) is 0 Å². The smallest absolute Gasteiger partial charge is 0.292 e. The lowest BCUT2D eigenvalue weighted by molar-refractivity contribution is 0.686. The first-order valence-corrected chi connectivity index (χ1v) is 6.10. The maximum Gasteiger partial charge on any atom is 0.352 e. The minimum Gasteiger partial charge on any atom is -0.292 e. The Morgan fingerprint density at radius 2 is 1.89 bits per heavy atom. The molecule has 3 N–H and O–H groups in total. The summed E-state index contributed by atoms with van der Waals surface area (Å²) in [7, 11) is 0. The summed E-state index contributed by atoms with van der Waals surface area (Å²) in [6.07, 6.45) is 0. The summed E-state index contributed by atoms with van der Waals surface area (Å²) in [5.74, 6) is 6.03. The lowest BCUT2D eigenvalue weighted by Gasteiger charge is -2.14. The number of rotatable bonds is 3. The maximum absolute atomic E-state index is 12.0. The molecule has 2 rings (SSSR count). The molecule has 100 valence electrons. The zero-order valence-corrected chi connectivity index (χ0v) is 11.3. The highest BCUT2D eigenvalue weighted by Gasteiger charge is 2.14. The Morgan fingerprint density at radius 3 is 2.42 bits per heavy atom. The molecule has 0 unspecified atom stereocenters. The third-order valence-electron chi connectivity index (χ3n) is 3.05. The van der Waals surface area contributed by atoms with Crippen LogP contribution in [0.3, 0.4) is 0 Å². The number of aryl methyl sites for hydroxylation is 2. The number of nitrogens with one attached hydrogen (secondary N) is 1. The minimum absolute atomic E-state index is 0.132. The van der Waals surface area contributed by atoms with Crippen LogP contribution in [0.2, 0.25) is 0 Å². The van der Waals surface area contributed by atoms with Crippen LogP contribution >= 0.6 is 0 Å². The molecule has 0 radical (unpaired) electrons. The number of hydrogen-bond acceptors (Lipinski definition) is 5. The monoisotopic (exact) mass is 259 g/mol. The summed E-state index contributed by atoms with van der Waals surface area (Å²) in [6.45, 7) is 6.37. The SMILES string of the molecule is CCn1c(-c2c(C)cccc2C)nc(NN)nc1=O. The molecule has 0 atom stereocenters. The number of nitrogen functional groups attached to an aromatic ring is 1. The van der Waals surface area contributed by atoms with Gasteiger partial charge < -0.3 is 0 Å². The maximum atomic E-state index is 12.0. The fourth-order valence-electron chi connectivity index (χ4n) is 2.13. The van der Waals surface area contributed by atoms with Gasteiger partial charge in [-0.1, -0.05) is 18.2 Å². The van der Waals surface area contributed by atoms with E-state index in [1.807, 2.05) is 39.0 Å². The summed E-state index contributed by atoms with van der Waals surface area (Å²) in [5, 5.41) is 0. The molecular formula is C13H17N5O. The van der Waals surface area contributed by atoms with Crippen LogP contribution in [-0.4, -0.2) is 14.5 Å². The molecule has 2 aromatic rings. The lowest BCUT2D eigenvalue weighted by Crippen LogP contribution is -2.28. The van der Waals surface area contributed by atoms with Crippen molar-refractivity contribution in [1.29, 1.82) is 0 Å². The molecule has 6 nitrogen and oxygen atoms in total. The summed E-state index contributed by atoms with van der Waals surface area (Å²) in [4.78, 5) is 20.1. The number of anilines is 1. The van der Waals surface area contributed by atoms with Gasteiger partial charge in [-0.25, -0.2) is 10.6 Å². The number of aromatic nitrogens is 3. The highest BCUT2D eigenvalue weighted by molar-refractivity contribution is 5.65. The third-order valence-corrected chi connectivity index (χ3v) is 3.05. The normalized spacial score (nSPS) is 10.5. The molecule has 0 saturated carbocycles. The molecular weight excluding hydrogens is 242 g/mol. The second-order valence-corrected chi connectivity index (χ2v) is 4.31. The van der Waals surface area contributed by atoms with Crippen LogP contribution in [0.4, 0.5) is 5.95 Å². The van der Waals surface area contributed by atoms with Gasteiger partial charge in [0.15, 0.2) is 0 Å². The van der Waals surface area contributed by atoms with E-state index >= 15 is 0 Å². The van der Waals surface area contributed by atoms with E-state index in [-0.39, 0.29) is 11.6 Å². The summed E-state index contributed by atoms with van der Waals surface area (Å²) >= 11 is 0. The second-order valence-electron chi connectivity index (χ2n) is 4.31. The van der Waals surface area contributed by atoms with E-state index in [1.165, 1.54) is 4.57 Å². The molecule has 0 aliphatic carbocycles. The topological polar surface area (TPSA) is 85.8 Å². The highest BCUT2D eigenvalue weighted by atomic mass is 16.1. The molecule has 0 saturated heterocycles. The van der Waals surface area contributed by atoms with Crippen molar-refractivity contribution in [3.63, 3.8) is 0 Å². The van der Waals surface area contributed by atoms with E-state index in [2.05, 4.69) is 15.4 Å². The number of hydrogen-bond donors (Lipinski definition) is 2. The zero-order chi connectivity index (χ0) is 14.0. The average molecular weight is 259 g/mol. The van der Waals surface area contributed by atoms with Crippen LogP contribution in [0.25, 0.3) is 11.4 Å². The molecule has 19 heavy (non-hydrogen) atoms. The Hall–Kier alpha value is -2.21. The molecule has 6 heteroatoms. The Bertz CT molecular complexity index is 642. The quantitative estimate of drug-likeness (QED) is 0.639. The Morgan fingerprint density at radius 1 is 1.26 bits per heavy atom. The predicted octanol–water partition coefficient (Wildman–Crippen LogP) is 1.23. The molecule has 0 fully saturated rings. The van der Waals surface area contributed by atoms with E-state index in [1.54, 1.807) is 0 Å². The highest BCUT2D eigenvalue weighted by Crippen LogP contribution is 2.24. The number of nitrogens with two attached hydrogens (primary N) is 1. The summed E-state index contributed by atoms with van der Waals surface area (Å²) < 4.78 is 1.54. The first kappa shape index (κ1) is 13.2. The van der Waals surface area contributed by atoms with Crippen LogP contribution in [-0.2, 0) is 6.54 Å². The van der Waals surface area contributed by atoms with Gasteiger partial charge in [-0.3, -0.25) is 9.99 Å². The molecule has 0 aliphatic heterocycles. The third kappa shape index (κ3) is 2.34. The van der Waals surface area contributed by atoms with Crippen molar-refractivity contribution in [1.82, 2.24) is 14.5 Å². The van der Waals surface area contributed by atoms with Crippen molar-refractivity contribution in [3.05, 3.63) is 39.8 Å². The standard InChI is InChI=1S/C13H17N5O/c1-4-18-11(15-12(17-14)16-13(18)19)10-8(2)6-5-7-9(10)3/h5-7H,4,14H2,1-3H3,(H,16,17,19). The van der Waals surface area contributed by atoms with Gasteiger partial charge in [-0.2, -0.15) is 9.97 Å². The first-order valence-electron chi connectivity index (χ1n) is 6.10. The lowest BCUT2D eigenvalue weighted by atomic mass is 10.0. The Balaban J connectivity index is 2.81. The van der Waals surface area contributed by atoms with Crippen LogP contribution in [0.15, 0.2) is 23.0 Å². The number of benzene rings is 1. The van der Waals surface area contributed by atoms with Gasteiger partial charge in [0.25, 0.3) is 0 Å². The second kappa shape index (κ2) is 5.19. The molecule has 0 amide bonds. The van der Waals surface area contributed by atoms with Crippen LogP contribution < -0.4 is 17.0 Å². The predicted molar refractivity (Wildman–Crippen MR) is 74.7 cm³/mol. The zero-order valence-electron chi connectivity index (χ0n) is 11.3. The fraction of sp³-hybridized carbons (Fsp3) is 0.308. The summed E-state index contributed by atoms with van der Waals surface area (Å²) in [6, 6.07) is 5.96. The Labute approximate surface area is 111 Å². The van der Waals surface area contributed by atoms with Crippen molar-refractivity contribution in [2.75, 3.05) is 5.43 Å². The van der Waals surface area contributed by atoms with E-state index in [0.29, 0.717) is 12.4 Å². The minimum atomic E-state index is -0.358. The molecule has 0 aliphatic rings. The van der Waals surface area contributed by atoms with E-state index in [9.17, 15) is 4.79 Å². The van der Waals surface area contributed by atoms with Crippen molar-refractivity contribution in [3.8, 4) is 11.4 Å².